The fourth-order valence-corrected chi connectivity index (χ4v) is 2.64. The van der Waals surface area contributed by atoms with Crippen LogP contribution in [0.5, 0.6) is 0 Å². The third kappa shape index (κ3) is 3.10. The summed E-state index contributed by atoms with van der Waals surface area (Å²) in [5.74, 6) is -1.46. The molecule has 112 valence electrons. The topological polar surface area (TPSA) is 71.1 Å². The molecule has 1 heterocycles. The number of nitrogens with one attached hydrogen (secondary N) is 2. The van der Waals surface area contributed by atoms with Crippen LogP contribution in [0.4, 0.5) is 20.3 Å². The van der Waals surface area contributed by atoms with Crippen molar-refractivity contribution in [2.45, 2.75) is 11.8 Å². The first-order chi connectivity index (χ1) is 9.85. The average molecular weight is 313 g/mol. The van der Waals surface area contributed by atoms with Gasteiger partial charge in [0.2, 0.25) is 0 Å². The van der Waals surface area contributed by atoms with Crippen molar-refractivity contribution in [2.75, 3.05) is 17.1 Å². The summed E-state index contributed by atoms with van der Waals surface area (Å²) in [6.07, 6.45) is 1.10. The number of halogens is 2. The van der Waals surface area contributed by atoms with Gasteiger partial charge in [-0.2, -0.15) is 0 Å². The first-order valence-corrected chi connectivity index (χ1v) is 7.44. The van der Waals surface area contributed by atoms with Gasteiger partial charge in [0.25, 0.3) is 10.0 Å². The van der Waals surface area contributed by atoms with Gasteiger partial charge < -0.3 is 5.32 Å². The van der Waals surface area contributed by atoms with Crippen LogP contribution in [-0.2, 0) is 10.0 Å². The molecule has 2 N–H and O–H groups in total. The van der Waals surface area contributed by atoms with Gasteiger partial charge in [-0.1, -0.05) is 6.07 Å². The molecule has 0 spiro atoms. The molecule has 0 unspecified atom stereocenters. The normalized spacial score (nSPS) is 11.2. The molecule has 0 aliphatic carbocycles. The molecule has 0 fully saturated rings. The number of sulfonamides is 1. The molecule has 2 rings (SSSR count). The predicted molar refractivity (Wildman–Crippen MR) is 75.7 cm³/mol. The number of aryl methyl sites for hydroxylation is 1. The number of pyridine rings is 1. The van der Waals surface area contributed by atoms with Crippen LogP contribution in [0.3, 0.4) is 0 Å². The number of nitrogens with zero attached hydrogens (tertiary/aromatic N) is 1. The van der Waals surface area contributed by atoms with E-state index in [-0.39, 0.29) is 10.5 Å². The quantitative estimate of drug-likeness (QED) is 0.910. The number of anilines is 2. The molecule has 21 heavy (non-hydrogen) atoms. The van der Waals surface area contributed by atoms with Gasteiger partial charge in [0.15, 0.2) is 5.82 Å². The van der Waals surface area contributed by atoms with Gasteiger partial charge in [-0.05, 0) is 30.7 Å². The van der Waals surface area contributed by atoms with E-state index in [1.54, 1.807) is 7.05 Å². The van der Waals surface area contributed by atoms with Crippen molar-refractivity contribution in [3.63, 3.8) is 0 Å². The minimum absolute atomic E-state index is 0.137. The van der Waals surface area contributed by atoms with Gasteiger partial charge >= 0.3 is 0 Å². The molecule has 0 aliphatic heterocycles. The Labute approximate surface area is 121 Å². The van der Waals surface area contributed by atoms with E-state index in [1.807, 2.05) is 4.72 Å². The van der Waals surface area contributed by atoms with E-state index in [4.69, 9.17) is 0 Å². The number of rotatable bonds is 4. The maximum Gasteiger partial charge on any atom is 0.263 e. The Morgan fingerprint density at radius 1 is 1.14 bits per heavy atom. The van der Waals surface area contributed by atoms with Crippen molar-refractivity contribution in [1.82, 2.24) is 4.98 Å². The molecule has 5 nitrogen and oxygen atoms in total. The average Bonchev–Trinajstić information content (AvgIpc) is 2.48. The number of hydrogen-bond acceptors (Lipinski definition) is 4. The summed E-state index contributed by atoms with van der Waals surface area (Å²) in [5, 5.41) is 2.73. The van der Waals surface area contributed by atoms with E-state index in [1.165, 1.54) is 25.1 Å². The van der Waals surface area contributed by atoms with Gasteiger partial charge in [-0.3, -0.25) is 4.72 Å². The van der Waals surface area contributed by atoms with Crippen molar-refractivity contribution >= 4 is 21.5 Å². The maximum atomic E-state index is 13.8. The van der Waals surface area contributed by atoms with Crippen LogP contribution in [0, 0.1) is 18.6 Å². The van der Waals surface area contributed by atoms with Crippen LogP contribution >= 0.6 is 0 Å². The number of hydrogen-bond donors (Lipinski definition) is 2. The Balaban J connectivity index is 2.39. The molecule has 0 saturated carbocycles. The Hall–Kier alpha value is -2.22. The Morgan fingerprint density at radius 2 is 1.86 bits per heavy atom. The van der Waals surface area contributed by atoms with E-state index in [0.29, 0.717) is 5.82 Å². The summed E-state index contributed by atoms with van der Waals surface area (Å²) >= 11 is 0. The van der Waals surface area contributed by atoms with Crippen molar-refractivity contribution in [2.24, 2.45) is 0 Å². The van der Waals surface area contributed by atoms with E-state index in [0.717, 1.165) is 12.3 Å². The summed E-state index contributed by atoms with van der Waals surface area (Å²) in [4.78, 5) is 3.66. The highest BCUT2D eigenvalue weighted by Crippen LogP contribution is 2.24. The monoisotopic (exact) mass is 313 g/mol. The lowest BCUT2D eigenvalue weighted by Gasteiger charge is -2.11. The zero-order valence-electron chi connectivity index (χ0n) is 11.3. The molecule has 1 aromatic carbocycles. The second kappa shape index (κ2) is 5.65. The van der Waals surface area contributed by atoms with Crippen LogP contribution in [0.1, 0.15) is 5.56 Å². The molecule has 0 saturated heterocycles. The first kappa shape index (κ1) is 15.2. The van der Waals surface area contributed by atoms with E-state index in [9.17, 15) is 17.2 Å². The van der Waals surface area contributed by atoms with Gasteiger partial charge in [-0.15, -0.1) is 0 Å². The summed E-state index contributed by atoms with van der Waals surface area (Å²) in [7, 11) is -2.49. The van der Waals surface area contributed by atoms with Crippen LogP contribution in [0.25, 0.3) is 0 Å². The predicted octanol–water partition coefficient (Wildman–Crippen LogP) is 2.51. The van der Waals surface area contributed by atoms with Gasteiger partial charge in [0.1, 0.15) is 22.2 Å². The van der Waals surface area contributed by atoms with Crippen molar-refractivity contribution in [3.05, 3.63) is 47.7 Å². The standard InChI is InChI=1S/C13H13F2N3O2S/c1-8-3-5-10(14)13(12(8)15)18-21(19,20)9-4-6-11(16-2)17-7-9/h3-7,18H,1-2H3,(H,16,17). The van der Waals surface area contributed by atoms with Gasteiger partial charge in [0, 0.05) is 13.2 Å². The summed E-state index contributed by atoms with van der Waals surface area (Å²) < 4.78 is 53.6. The zero-order chi connectivity index (χ0) is 15.6. The minimum Gasteiger partial charge on any atom is -0.373 e. The molecule has 8 heteroatoms. The minimum atomic E-state index is -4.12. The largest absolute Gasteiger partial charge is 0.373 e. The van der Waals surface area contributed by atoms with Gasteiger partial charge in [-0.25, -0.2) is 22.2 Å². The SMILES string of the molecule is CNc1ccc(S(=O)(=O)Nc2c(F)ccc(C)c2F)cn1. The van der Waals surface area contributed by atoms with E-state index >= 15 is 0 Å². The lowest BCUT2D eigenvalue weighted by Crippen LogP contribution is -2.16. The molecule has 0 bridgehead atoms. The molecule has 2 aromatic rings. The highest BCUT2D eigenvalue weighted by Gasteiger charge is 2.20. The second-order valence-corrected chi connectivity index (χ2v) is 5.97. The fourth-order valence-electron chi connectivity index (χ4n) is 1.63. The number of benzene rings is 1. The molecular weight excluding hydrogens is 300 g/mol. The van der Waals surface area contributed by atoms with Crippen molar-refractivity contribution in [3.8, 4) is 0 Å². The van der Waals surface area contributed by atoms with Crippen LogP contribution in [0.2, 0.25) is 0 Å². The third-order valence-corrected chi connectivity index (χ3v) is 4.16. The molecule has 0 radical (unpaired) electrons. The molecule has 0 atom stereocenters. The van der Waals surface area contributed by atoms with Crippen LogP contribution in [0.15, 0.2) is 35.4 Å². The smallest absolute Gasteiger partial charge is 0.263 e. The molecular formula is C13H13F2N3O2S. The van der Waals surface area contributed by atoms with Crippen molar-refractivity contribution in [1.29, 1.82) is 0 Å². The van der Waals surface area contributed by atoms with Crippen LogP contribution in [-0.4, -0.2) is 20.4 Å². The zero-order valence-corrected chi connectivity index (χ0v) is 12.1. The second-order valence-electron chi connectivity index (χ2n) is 4.29. The Kier molecular flexibility index (Phi) is 4.08. The fraction of sp³-hybridized carbons (Fsp3) is 0.154. The number of aromatic nitrogens is 1. The van der Waals surface area contributed by atoms with Gasteiger partial charge in [0.05, 0.1) is 0 Å². The first-order valence-electron chi connectivity index (χ1n) is 5.96. The van der Waals surface area contributed by atoms with Crippen LogP contribution < -0.4 is 10.0 Å². The lowest BCUT2D eigenvalue weighted by molar-refractivity contribution is 0.578. The highest BCUT2D eigenvalue weighted by molar-refractivity contribution is 7.92. The molecule has 0 aliphatic rings. The molecule has 0 amide bonds. The van der Waals surface area contributed by atoms with Crippen molar-refractivity contribution < 1.29 is 17.2 Å². The lowest BCUT2D eigenvalue weighted by atomic mass is 10.2. The molecule has 1 aromatic heterocycles. The summed E-state index contributed by atoms with van der Waals surface area (Å²) in [6, 6.07) is 4.95. The Morgan fingerprint density at radius 3 is 2.43 bits per heavy atom. The third-order valence-electron chi connectivity index (χ3n) is 2.82. The summed E-state index contributed by atoms with van der Waals surface area (Å²) in [5.41, 5.74) is -0.564. The Bertz CT molecular complexity index is 762. The highest BCUT2D eigenvalue weighted by atomic mass is 32.2. The van der Waals surface area contributed by atoms with E-state index in [2.05, 4.69) is 10.3 Å². The van der Waals surface area contributed by atoms with E-state index < -0.39 is 27.3 Å². The maximum absolute atomic E-state index is 13.8. The summed E-state index contributed by atoms with van der Waals surface area (Å²) in [6.45, 7) is 1.41.